The Morgan fingerprint density at radius 3 is 1.73 bits per heavy atom. The fraction of sp³-hybridized carbons (Fsp3) is 0.423. The third kappa shape index (κ3) is 30.0. The minimum Gasteiger partial charge on any atom is -0.481 e. The van der Waals surface area contributed by atoms with Crippen LogP contribution in [0.3, 0.4) is 0 Å². The Morgan fingerprint density at radius 2 is 1.25 bits per heavy atom. The van der Waals surface area contributed by atoms with E-state index in [1.807, 2.05) is 39.8 Å². The summed E-state index contributed by atoms with van der Waals surface area (Å²) >= 11 is 1.26. The quantitative estimate of drug-likeness (QED) is 0.0350. The molecule has 0 aliphatic rings. The number of carboxylic acids is 1. The Hall–Kier alpha value is -7.92. The zero-order valence-corrected chi connectivity index (χ0v) is 45.3. The Kier molecular flexibility index (Phi) is 27.3. The number of aryl methyl sites for hydroxylation is 1. The second-order valence-corrected chi connectivity index (χ2v) is 18.5. The minimum absolute atomic E-state index is 0.000471. The van der Waals surface area contributed by atoms with Crippen LogP contribution in [-0.2, 0) is 69.3 Å². The Morgan fingerprint density at radius 1 is 0.707 bits per heavy atom. The van der Waals surface area contributed by atoms with Crippen molar-refractivity contribution in [2.45, 2.75) is 102 Å². The van der Waals surface area contributed by atoms with E-state index in [0.29, 0.717) is 27.8 Å². The molecule has 0 fully saturated rings. The van der Waals surface area contributed by atoms with E-state index in [1.165, 1.54) is 30.2 Å². The van der Waals surface area contributed by atoms with Gasteiger partial charge in [-0.3, -0.25) is 38.5 Å². The molecule has 0 saturated carbocycles. The number of aromatic nitrogens is 1. The van der Waals surface area contributed by atoms with Crippen LogP contribution in [0.4, 0.5) is 31.8 Å². The molecule has 0 unspecified atom stereocenters. The highest BCUT2D eigenvalue weighted by Gasteiger charge is 2.17. The number of primary amides is 1. The van der Waals surface area contributed by atoms with Crippen LogP contribution >= 0.6 is 11.3 Å². The Labute approximate surface area is 449 Å². The van der Waals surface area contributed by atoms with Crippen LogP contribution in [0.15, 0.2) is 72.8 Å². The number of aliphatic carboxylic acids is 1. The van der Waals surface area contributed by atoms with Gasteiger partial charge in [-0.05, 0) is 53.9 Å². The van der Waals surface area contributed by atoms with E-state index >= 15 is 0 Å². The summed E-state index contributed by atoms with van der Waals surface area (Å²) in [6, 6.07) is 21.2. The van der Waals surface area contributed by atoms with E-state index in [4.69, 9.17) is 16.5 Å². The number of carbonyl (C=O) groups excluding carboxylic acids is 7. The number of rotatable bonds is 18. The number of aliphatic hydroxyl groups is 1. The molecule has 0 spiro atoms. The first kappa shape index (κ1) is 58.0. The highest BCUT2D eigenvalue weighted by molar-refractivity contribution is 7.15. The highest BCUT2D eigenvalue weighted by Crippen LogP contribution is 2.23. The van der Waals surface area contributed by atoms with Gasteiger partial charge in [0.2, 0.25) is 31.0 Å². The number of amides is 7. The summed E-state index contributed by atoms with van der Waals surface area (Å²) in [6.07, 6.45) is -1.61. The molecule has 0 bridgehead atoms. The number of nitrogens with one attached hydrogen (secondary N) is 4. The van der Waals surface area contributed by atoms with Crippen LogP contribution in [0, 0.1) is 30.6 Å². The zero-order chi connectivity index (χ0) is 61.1. The van der Waals surface area contributed by atoms with E-state index in [2.05, 4.69) is 41.6 Å². The summed E-state index contributed by atoms with van der Waals surface area (Å²) < 4.78 is 42.3. The molecule has 412 valence electrons. The second-order valence-electron chi connectivity index (χ2n) is 17.4. The number of nitrogens with two attached hydrogens (primary N) is 1. The number of aliphatic hydroxyl groups excluding tert-OH is 1. The number of nitrogens with zero attached hydrogens (tertiary/aromatic N) is 3. The van der Waals surface area contributed by atoms with E-state index in [1.54, 1.807) is 108 Å². The first-order chi connectivity index (χ1) is 37.6. The van der Waals surface area contributed by atoms with Gasteiger partial charge >= 0.3 is 24.1 Å². The van der Waals surface area contributed by atoms with E-state index in [-0.39, 0.29) is 86.1 Å². The molecule has 4 aromatic rings. The molecule has 3 aromatic carbocycles. The van der Waals surface area contributed by atoms with Gasteiger partial charge < -0.3 is 56.7 Å². The normalized spacial score (nSPS) is 10.8. The van der Waals surface area contributed by atoms with Gasteiger partial charge in [0.05, 0.1) is 30.3 Å². The lowest BCUT2D eigenvalue weighted by molar-refractivity contribution is -0.142. The predicted molar refractivity (Wildman–Crippen MR) is 286 cm³/mol. The lowest BCUT2D eigenvalue weighted by Gasteiger charge is -2.23. The van der Waals surface area contributed by atoms with E-state index < -0.39 is 31.0 Å². The van der Waals surface area contributed by atoms with Gasteiger partial charge in [-0.2, -0.15) is 0 Å². The molecule has 23 heteroatoms. The molecule has 9 N–H and O–H groups in total. The zero-order valence-electron chi connectivity index (χ0n) is 49.4. The SMILES string of the molecule is [2H]CC(=O)OCc1sc(NC(C)=O)nc1C.[2H]NC(=O)OCc1ccc(NC(=O)C(C)C)cc1.[2H]OC(=O)Cc1ccccc1NC(=O)C(C)C.[2H]OC(=O)N(C)CN(C)C(=O)C(C)C.[2H]OCc1ccc(NC(=O)C(C)C)cc1. The van der Waals surface area contributed by atoms with Gasteiger partial charge in [0.1, 0.15) is 13.2 Å². The lowest BCUT2D eigenvalue weighted by atomic mass is 10.1. The summed E-state index contributed by atoms with van der Waals surface area (Å²) in [4.78, 5) is 107. The monoisotopic (exact) mass is 1070 g/mol. The van der Waals surface area contributed by atoms with Gasteiger partial charge in [-0.15, -0.1) is 0 Å². The second kappa shape index (κ2) is 35.3. The average molecular weight is 1070 g/mol. The van der Waals surface area contributed by atoms with Crippen molar-refractivity contribution in [1.82, 2.24) is 14.8 Å². The van der Waals surface area contributed by atoms with Crippen molar-refractivity contribution in [2.24, 2.45) is 29.4 Å². The van der Waals surface area contributed by atoms with Crippen LogP contribution in [0.2, 0.25) is 1.41 Å². The summed E-state index contributed by atoms with van der Waals surface area (Å²) in [6.45, 7) is 17.8. The van der Waals surface area contributed by atoms with Gasteiger partial charge in [0, 0.05) is 70.0 Å². The van der Waals surface area contributed by atoms with Crippen molar-refractivity contribution < 1.29 is 70.7 Å². The molecule has 1 aromatic heterocycles. The van der Waals surface area contributed by atoms with Crippen LogP contribution < -0.4 is 27.0 Å². The van der Waals surface area contributed by atoms with Crippen LogP contribution in [0.25, 0.3) is 2.86 Å². The Bertz CT molecular complexity index is 2590. The molecule has 22 nitrogen and oxygen atoms in total. The maximum Gasteiger partial charge on any atom is 0.408 e. The molecule has 75 heavy (non-hydrogen) atoms. The first-order valence-electron chi connectivity index (χ1n) is 25.6. The highest BCUT2D eigenvalue weighted by atomic mass is 32.1. The molecule has 0 atom stereocenters. The Balaban J connectivity index is 0.000000978. The van der Waals surface area contributed by atoms with Gasteiger partial charge in [-0.1, -0.05) is 109 Å². The third-order valence-corrected chi connectivity index (χ3v) is 10.4. The van der Waals surface area contributed by atoms with E-state index in [0.717, 1.165) is 26.6 Å². The maximum atomic E-state index is 11.6. The maximum absolute atomic E-state index is 11.6. The van der Waals surface area contributed by atoms with Gasteiger partial charge in [-0.25, -0.2) is 14.6 Å². The molecule has 0 saturated heterocycles. The number of hydrogen-bond acceptors (Lipinski definition) is 16. The minimum atomic E-state index is -0.799. The van der Waals surface area contributed by atoms with Crippen molar-refractivity contribution in [1.29, 1.82) is 4.29 Å². The molecule has 0 radical (unpaired) electrons. The average Bonchev–Trinajstić information content (AvgIpc) is 3.77. The van der Waals surface area contributed by atoms with Crippen LogP contribution in [0.1, 0.15) is 97.8 Å². The van der Waals surface area contributed by atoms with Crippen molar-refractivity contribution >= 4 is 87.2 Å². The number of benzene rings is 3. The number of carbonyl (C=O) groups is 9. The van der Waals surface area contributed by atoms with Crippen LogP contribution in [0.5, 0.6) is 0 Å². The molecule has 0 aliphatic heterocycles. The molecular weight excluding hydrogens is 993 g/mol. The molecule has 4 rings (SSSR count). The number of para-hydroxylation sites is 1. The lowest BCUT2D eigenvalue weighted by Crippen LogP contribution is -2.41. The largest absolute Gasteiger partial charge is 0.481 e. The number of esters is 1. The van der Waals surface area contributed by atoms with Gasteiger partial charge in [0.25, 0.3) is 2.86 Å². The van der Waals surface area contributed by atoms with Crippen molar-refractivity contribution in [3.8, 4) is 0 Å². The summed E-state index contributed by atoms with van der Waals surface area (Å²) in [7, 11) is 3.05. The topological polar surface area (TPSA) is 326 Å². The van der Waals surface area contributed by atoms with Gasteiger partial charge in [0.15, 0.2) is 6.54 Å². The summed E-state index contributed by atoms with van der Waals surface area (Å²) in [5.41, 5.74) is 6.70. The standard InChI is InChI=1S/C12H16N2O3.C12H15NO3.C11H15NO2.C9H12N2O3S.C8H16N2O3/c1-8(2)11(15)14-10-5-3-9(4-6-10)7-17-12(13)16;1-8(2)12(16)13-10-6-4-3-5-9(10)7-11(14)15;1-8(2)11(14)12-10-5-3-9(7-13)4-6-10;1-5-8(4-14-7(3)13)15-9(10-5)11-6(2)12;1-6(2)7(11)9(3)5-10(4)8(12)13/h3-6,8H,7H2,1-2H3,(H2,13,16)(H,14,15);3-6,8H,7H2,1-2H3,(H,13,16)(H,14,15);3-6,8,13H,7H2,1-2H3,(H,12,14);4H2,1-3H3,(H,10,11,12);6H,5H2,1-4H3,(H,12,13)/i;;13D;3D;/hD3. The third-order valence-electron chi connectivity index (χ3n) is 9.31. The molecule has 7 amide bonds. The fourth-order valence-corrected chi connectivity index (χ4v) is 6.04. The smallest absolute Gasteiger partial charge is 0.408 e. The van der Waals surface area contributed by atoms with E-state index in [9.17, 15) is 43.2 Å². The summed E-state index contributed by atoms with van der Waals surface area (Å²) in [5, 5.41) is 23.2. The summed E-state index contributed by atoms with van der Waals surface area (Å²) in [5.74, 6) is -1.99. The first-order valence-corrected chi connectivity index (χ1v) is 24.0. The van der Waals surface area contributed by atoms with Crippen molar-refractivity contribution in [3.63, 3.8) is 0 Å². The number of hydrogen-bond donors (Lipinski definition) is 8. The van der Waals surface area contributed by atoms with Crippen molar-refractivity contribution in [3.05, 3.63) is 100 Å². The number of ether oxygens (including phenoxy) is 2. The number of anilines is 4. The van der Waals surface area contributed by atoms with Crippen LogP contribution in [-0.4, -0.2) is 106 Å². The molecular formula is C52H74N8O14S. The predicted octanol–water partition coefficient (Wildman–Crippen LogP) is 7.70. The number of thiazole rings is 1. The fourth-order valence-electron chi connectivity index (χ4n) is 5.12. The number of carboxylic acid groups (broad SMARTS) is 2. The molecule has 1 heterocycles. The molecule has 0 aliphatic carbocycles. The van der Waals surface area contributed by atoms with Crippen molar-refractivity contribution in [2.75, 3.05) is 42.0 Å².